The van der Waals surface area contributed by atoms with E-state index < -0.39 is 0 Å². The molecule has 0 spiro atoms. The number of rotatable bonds is 4. The van der Waals surface area contributed by atoms with Crippen molar-refractivity contribution < 1.29 is 9.90 Å². The second-order valence-electron chi connectivity index (χ2n) is 3.72. The van der Waals surface area contributed by atoms with Crippen molar-refractivity contribution in [2.75, 3.05) is 6.61 Å². The molecule has 1 aromatic rings. The van der Waals surface area contributed by atoms with Gasteiger partial charge in [0, 0.05) is 10.6 Å². The quantitative estimate of drug-likeness (QED) is 0.738. The maximum Gasteiger partial charge on any atom is 0.257 e. The molecule has 1 amide bonds. The number of hydrogen-bond acceptors (Lipinski definition) is 3. The Morgan fingerprint density at radius 2 is 2.06 bits per heavy atom. The van der Waals surface area contributed by atoms with Crippen molar-refractivity contribution in [3.8, 4) is 0 Å². The number of aliphatic hydroxyl groups excluding tert-OH is 1. The summed E-state index contributed by atoms with van der Waals surface area (Å²) in [6.07, 6.45) is 0.716. The van der Waals surface area contributed by atoms with Gasteiger partial charge in [-0.1, -0.05) is 18.5 Å². The first-order valence-corrected chi connectivity index (χ1v) is 6.33. The van der Waals surface area contributed by atoms with Crippen LogP contribution in [-0.2, 0) is 0 Å². The van der Waals surface area contributed by atoms with Crippen LogP contribution in [0.15, 0.2) is 24.3 Å². The first kappa shape index (κ1) is 14.9. The summed E-state index contributed by atoms with van der Waals surface area (Å²) < 4.78 is 0. The van der Waals surface area contributed by atoms with Crippen LogP contribution in [0.3, 0.4) is 0 Å². The van der Waals surface area contributed by atoms with Crippen LogP contribution in [0.2, 0.25) is 5.02 Å². The van der Waals surface area contributed by atoms with Crippen molar-refractivity contribution in [3.63, 3.8) is 0 Å². The Morgan fingerprint density at radius 3 is 2.56 bits per heavy atom. The summed E-state index contributed by atoms with van der Waals surface area (Å²) in [5, 5.41) is 15.2. The zero-order chi connectivity index (χ0) is 13.5. The highest BCUT2D eigenvalue weighted by Crippen LogP contribution is 2.09. The van der Waals surface area contributed by atoms with E-state index in [-0.39, 0.29) is 23.7 Å². The van der Waals surface area contributed by atoms with Gasteiger partial charge in [0.25, 0.3) is 5.91 Å². The smallest absolute Gasteiger partial charge is 0.257 e. The molecule has 18 heavy (non-hydrogen) atoms. The number of carbonyl (C=O) groups excluding carboxylic acids is 1. The highest BCUT2D eigenvalue weighted by molar-refractivity contribution is 7.80. The topological polar surface area (TPSA) is 61.4 Å². The molecule has 98 valence electrons. The van der Waals surface area contributed by atoms with Crippen molar-refractivity contribution in [2.24, 2.45) is 0 Å². The summed E-state index contributed by atoms with van der Waals surface area (Å²) in [6, 6.07) is 6.35. The molecule has 0 aliphatic carbocycles. The summed E-state index contributed by atoms with van der Waals surface area (Å²) in [7, 11) is 0. The molecule has 0 radical (unpaired) electrons. The maximum atomic E-state index is 11.8. The van der Waals surface area contributed by atoms with Crippen molar-refractivity contribution >= 4 is 34.8 Å². The van der Waals surface area contributed by atoms with Gasteiger partial charge in [0.2, 0.25) is 0 Å². The molecule has 0 heterocycles. The lowest BCUT2D eigenvalue weighted by Gasteiger charge is -2.16. The van der Waals surface area contributed by atoms with Gasteiger partial charge in [-0.3, -0.25) is 10.1 Å². The van der Waals surface area contributed by atoms with Crippen LogP contribution in [0.5, 0.6) is 0 Å². The Hall–Kier alpha value is -1.17. The molecule has 0 saturated heterocycles. The number of carbonyl (C=O) groups is 1. The van der Waals surface area contributed by atoms with Crippen LogP contribution in [0.1, 0.15) is 23.7 Å². The Labute approximate surface area is 116 Å². The molecule has 0 aliphatic rings. The molecule has 0 aromatic heterocycles. The molecule has 1 aromatic carbocycles. The lowest BCUT2D eigenvalue weighted by atomic mass is 10.2. The van der Waals surface area contributed by atoms with Crippen molar-refractivity contribution in [2.45, 2.75) is 19.4 Å². The summed E-state index contributed by atoms with van der Waals surface area (Å²) in [5.74, 6) is -0.308. The molecule has 1 unspecified atom stereocenters. The van der Waals surface area contributed by atoms with Crippen LogP contribution >= 0.6 is 23.8 Å². The van der Waals surface area contributed by atoms with Gasteiger partial charge in [0.05, 0.1) is 12.6 Å². The average Bonchev–Trinajstić information content (AvgIpc) is 2.36. The monoisotopic (exact) mass is 286 g/mol. The largest absolute Gasteiger partial charge is 0.394 e. The van der Waals surface area contributed by atoms with Crippen molar-refractivity contribution in [3.05, 3.63) is 34.9 Å². The summed E-state index contributed by atoms with van der Waals surface area (Å²) >= 11 is 10.7. The van der Waals surface area contributed by atoms with E-state index >= 15 is 0 Å². The highest BCUT2D eigenvalue weighted by Gasteiger charge is 2.10. The molecular weight excluding hydrogens is 272 g/mol. The lowest BCUT2D eigenvalue weighted by Crippen LogP contribution is -2.45. The standard InChI is InChI=1S/C12H15ClN2O2S/c1-2-10(7-16)14-12(18)15-11(17)8-3-5-9(13)6-4-8/h3-6,10,16H,2,7H2,1H3,(H2,14,15,17,18). The molecule has 0 bridgehead atoms. The fraction of sp³-hybridized carbons (Fsp3) is 0.333. The third-order valence-electron chi connectivity index (χ3n) is 2.38. The minimum atomic E-state index is -0.308. The van der Waals surface area contributed by atoms with Gasteiger partial charge < -0.3 is 10.4 Å². The van der Waals surface area contributed by atoms with E-state index in [9.17, 15) is 4.79 Å². The molecule has 3 N–H and O–H groups in total. The van der Waals surface area contributed by atoms with Crippen molar-refractivity contribution in [1.29, 1.82) is 0 Å². The van der Waals surface area contributed by atoms with Crippen LogP contribution in [0.4, 0.5) is 0 Å². The zero-order valence-corrected chi connectivity index (χ0v) is 11.5. The number of aliphatic hydroxyl groups is 1. The van der Waals surface area contributed by atoms with Crippen LogP contribution in [0.25, 0.3) is 0 Å². The highest BCUT2D eigenvalue weighted by atomic mass is 35.5. The zero-order valence-electron chi connectivity index (χ0n) is 9.94. The molecule has 1 atom stereocenters. The van der Waals surface area contributed by atoms with Gasteiger partial charge in [-0.25, -0.2) is 0 Å². The fourth-order valence-corrected chi connectivity index (χ4v) is 1.66. The first-order chi connectivity index (χ1) is 8.56. The maximum absolute atomic E-state index is 11.8. The van der Waals surface area contributed by atoms with Gasteiger partial charge in [-0.15, -0.1) is 0 Å². The van der Waals surface area contributed by atoms with Gasteiger partial charge in [-0.2, -0.15) is 0 Å². The second-order valence-corrected chi connectivity index (χ2v) is 4.57. The summed E-state index contributed by atoms with van der Waals surface area (Å²) in [4.78, 5) is 11.8. The van der Waals surface area contributed by atoms with Crippen LogP contribution < -0.4 is 10.6 Å². The molecule has 1 rings (SSSR count). The number of halogens is 1. The van der Waals surface area contributed by atoms with E-state index in [1.807, 2.05) is 6.92 Å². The molecular formula is C12H15ClN2O2S. The normalized spacial score (nSPS) is 11.7. The fourth-order valence-electron chi connectivity index (χ4n) is 1.27. The Kier molecular flexibility index (Phi) is 6.04. The Bertz CT molecular complexity index is 419. The van der Waals surface area contributed by atoms with E-state index in [0.717, 1.165) is 0 Å². The predicted molar refractivity (Wildman–Crippen MR) is 75.8 cm³/mol. The molecule has 0 aliphatic heterocycles. The Morgan fingerprint density at radius 1 is 1.44 bits per heavy atom. The van der Waals surface area contributed by atoms with Crippen molar-refractivity contribution in [1.82, 2.24) is 10.6 Å². The average molecular weight is 287 g/mol. The number of nitrogens with one attached hydrogen (secondary N) is 2. The molecule has 6 heteroatoms. The predicted octanol–water partition coefficient (Wildman–Crippen LogP) is 1.72. The number of thiocarbonyl (C=S) groups is 1. The van der Waals surface area contributed by atoms with Crippen LogP contribution in [-0.4, -0.2) is 28.8 Å². The third-order valence-corrected chi connectivity index (χ3v) is 2.85. The number of benzene rings is 1. The molecule has 4 nitrogen and oxygen atoms in total. The van der Waals surface area contributed by atoms with Gasteiger partial charge >= 0.3 is 0 Å². The summed E-state index contributed by atoms with van der Waals surface area (Å²) in [6.45, 7) is 1.88. The minimum absolute atomic E-state index is 0.0343. The van der Waals surface area contributed by atoms with Crippen LogP contribution in [0, 0.1) is 0 Å². The number of amides is 1. The van der Waals surface area contributed by atoms with Gasteiger partial charge in [0.1, 0.15) is 0 Å². The minimum Gasteiger partial charge on any atom is -0.394 e. The van der Waals surface area contributed by atoms with E-state index in [2.05, 4.69) is 10.6 Å². The second kappa shape index (κ2) is 7.31. The van der Waals surface area contributed by atoms with E-state index in [1.54, 1.807) is 24.3 Å². The molecule has 0 fully saturated rings. The van der Waals surface area contributed by atoms with E-state index in [0.29, 0.717) is 17.0 Å². The molecule has 0 saturated carbocycles. The summed E-state index contributed by atoms with van der Waals surface area (Å²) in [5.41, 5.74) is 0.473. The first-order valence-electron chi connectivity index (χ1n) is 5.55. The van der Waals surface area contributed by atoms with Gasteiger partial charge in [-0.05, 0) is 42.9 Å². The Balaban J connectivity index is 2.54. The number of hydrogen-bond donors (Lipinski definition) is 3. The lowest BCUT2D eigenvalue weighted by molar-refractivity contribution is 0.0976. The SMILES string of the molecule is CCC(CO)NC(=S)NC(=O)c1ccc(Cl)cc1. The van der Waals surface area contributed by atoms with E-state index in [1.165, 1.54) is 0 Å². The van der Waals surface area contributed by atoms with E-state index in [4.69, 9.17) is 28.9 Å². The third kappa shape index (κ3) is 4.60. The van der Waals surface area contributed by atoms with Gasteiger partial charge in [0.15, 0.2) is 5.11 Å².